The number of H-pyrrole nitrogens is 1. The van der Waals surface area contributed by atoms with Gasteiger partial charge in [-0.3, -0.25) is 0 Å². The van der Waals surface area contributed by atoms with Crippen molar-refractivity contribution in [2.75, 3.05) is 6.54 Å². The van der Waals surface area contributed by atoms with Crippen molar-refractivity contribution in [2.45, 2.75) is 32.2 Å². The first-order chi connectivity index (χ1) is 8.80. The van der Waals surface area contributed by atoms with Crippen molar-refractivity contribution in [1.29, 1.82) is 0 Å². The Hall–Kier alpha value is -1.61. The van der Waals surface area contributed by atoms with Crippen LogP contribution >= 0.6 is 0 Å². The van der Waals surface area contributed by atoms with Crippen LogP contribution in [0.5, 0.6) is 0 Å². The first kappa shape index (κ1) is 11.5. The molecule has 0 aromatic carbocycles. The maximum atomic E-state index is 4.36. The van der Waals surface area contributed by atoms with Crippen LogP contribution < -0.4 is 5.32 Å². The predicted molar refractivity (Wildman–Crippen MR) is 75.4 cm³/mol. The van der Waals surface area contributed by atoms with Gasteiger partial charge in [0.2, 0.25) is 0 Å². The third-order valence-electron chi connectivity index (χ3n) is 3.81. The maximum absolute atomic E-state index is 4.36. The maximum Gasteiger partial charge on any atom is 0.137 e. The third-order valence-corrected chi connectivity index (χ3v) is 3.81. The SMILES string of the molecule is C/C=C(/c1c[nH]c2ncccc12)C1(NCC)CC1. The Balaban J connectivity index is 2.08. The van der Waals surface area contributed by atoms with Gasteiger partial charge in [-0.25, -0.2) is 4.98 Å². The van der Waals surface area contributed by atoms with Crippen LogP contribution in [0, 0.1) is 0 Å². The van der Waals surface area contributed by atoms with Crippen LogP contribution in [-0.4, -0.2) is 22.1 Å². The Kier molecular flexibility index (Phi) is 2.71. The normalized spacial score (nSPS) is 18.2. The highest BCUT2D eigenvalue weighted by atomic mass is 15.0. The van der Waals surface area contributed by atoms with Crippen LogP contribution in [0.1, 0.15) is 32.3 Å². The van der Waals surface area contributed by atoms with E-state index in [4.69, 9.17) is 0 Å². The lowest BCUT2D eigenvalue weighted by Crippen LogP contribution is -2.32. The van der Waals surface area contributed by atoms with Crippen molar-refractivity contribution in [3.8, 4) is 0 Å². The van der Waals surface area contributed by atoms with E-state index in [1.165, 1.54) is 29.4 Å². The van der Waals surface area contributed by atoms with Gasteiger partial charge in [0.25, 0.3) is 0 Å². The van der Waals surface area contributed by atoms with Gasteiger partial charge in [0.05, 0.1) is 0 Å². The van der Waals surface area contributed by atoms with Gasteiger partial charge in [-0.2, -0.15) is 0 Å². The van der Waals surface area contributed by atoms with Crippen molar-refractivity contribution in [1.82, 2.24) is 15.3 Å². The molecule has 1 aliphatic carbocycles. The number of rotatable bonds is 4. The topological polar surface area (TPSA) is 40.7 Å². The van der Waals surface area contributed by atoms with Gasteiger partial charge in [-0.1, -0.05) is 13.0 Å². The van der Waals surface area contributed by atoms with Crippen LogP contribution in [0.4, 0.5) is 0 Å². The number of aromatic nitrogens is 2. The molecule has 1 fully saturated rings. The van der Waals surface area contributed by atoms with Crippen molar-refractivity contribution in [2.24, 2.45) is 0 Å². The zero-order chi connectivity index (χ0) is 12.6. The third kappa shape index (κ3) is 1.66. The number of hydrogen-bond acceptors (Lipinski definition) is 2. The van der Waals surface area contributed by atoms with Crippen LogP contribution in [0.2, 0.25) is 0 Å². The van der Waals surface area contributed by atoms with E-state index in [1.54, 1.807) is 0 Å². The highest BCUT2D eigenvalue weighted by Gasteiger charge is 2.45. The Labute approximate surface area is 107 Å². The first-order valence-electron chi connectivity index (χ1n) is 6.65. The molecule has 0 saturated heterocycles. The monoisotopic (exact) mass is 241 g/mol. The van der Waals surface area contributed by atoms with Gasteiger partial charge in [0, 0.05) is 28.9 Å². The number of aromatic amines is 1. The minimum atomic E-state index is 0.203. The van der Waals surface area contributed by atoms with Gasteiger partial charge < -0.3 is 10.3 Å². The molecule has 1 saturated carbocycles. The van der Waals surface area contributed by atoms with Gasteiger partial charge >= 0.3 is 0 Å². The van der Waals surface area contributed by atoms with E-state index in [0.717, 1.165) is 12.2 Å². The molecular formula is C15H19N3. The van der Waals surface area contributed by atoms with Crippen molar-refractivity contribution >= 4 is 16.6 Å². The van der Waals surface area contributed by atoms with Gasteiger partial charge in [0.1, 0.15) is 5.65 Å². The molecule has 2 heterocycles. The molecule has 2 aromatic heterocycles. The molecule has 94 valence electrons. The molecule has 0 atom stereocenters. The molecule has 18 heavy (non-hydrogen) atoms. The van der Waals surface area contributed by atoms with Crippen molar-refractivity contribution in [3.05, 3.63) is 36.2 Å². The first-order valence-corrected chi connectivity index (χ1v) is 6.65. The average Bonchev–Trinajstić information content (AvgIpc) is 3.04. The minimum Gasteiger partial charge on any atom is -0.346 e. The van der Waals surface area contributed by atoms with E-state index in [9.17, 15) is 0 Å². The van der Waals surface area contributed by atoms with Crippen LogP contribution in [0.15, 0.2) is 30.6 Å². The molecule has 1 aliphatic rings. The van der Waals surface area contributed by atoms with Gasteiger partial charge in [-0.15, -0.1) is 0 Å². The summed E-state index contributed by atoms with van der Waals surface area (Å²) in [5.41, 5.74) is 3.87. The van der Waals surface area contributed by atoms with Gasteiger partial charge in [0.15, 0.2) is 0 Å². The number of hydrogen-bond donors (Lipinski definition) is 2. The molecule has 3 nitrogen and oxygen atoms in total. The Morgan fingerprint density at radius 3 is 3.06 bits per heavy atom. The van der Waals surface area contributed by atoms with Crippen molar-refractivity contribution < 1.29 is 0 Å². The summed E-state index contributed by atoms with van der Waals surface area (Å²) >= 11 is 0. The molecule has 0 bridgehead atoms. The average molecular weight is 241 g/mol. The van der Waals surface area contributed by atoms with Gasteiger partial charge in [-0.05, 0) is 44.0 Å². The second-order valence-corrected chi connectivity index (χ2v) is 4.92. The fraction of sp³-hybridized carbons (Fsp3) is 0.400. The number of fused-ring (bicyclic) bond motifs is 1. The smallest absolute Gasteiger partial charge is 0.137 e. The predicted octanol–water partition coefficient (Wildman–Crippen LogP) is 3.11. The molecule has 3 rings (SSSR count). The Morgan fingerprint density at radius 2 is 2.39 bits per heavy atom. The zero-order valence-electron chi connectivity index (χ0n) is 11.0. The molecular weight excluding hydrogens is 222 g/mol. The molecule has 0 aliphatic heterocycles. The molecule has 3 heteroatoms. The number of nitrogens with zero attached hydrogens (tertiary/aromatic N) is 1. The molecule has 2 N–H and O–H groups in total. The van der Waals surface area contributed by atoms with E-state index >= 15 is 0 Å². The lowest BCUT2D eigenvalue weighted by atomic mass is 9.96. The summed E-state index contributed by atoms with van der Waals surface area (Å²) < 4.78 is 0. The van der Waals surface area contributed by atoms with E-state index in [0.29, 0.717) is 0 Å². The van der Waals surface area contributed by atoms with Crippen LogP contribution in [0.3, 0.4) is 0 Å². The zero-order valence-corrected chi connectivity index (χ0v) is 11.0. The lowest BCUT2D eigenvalue weighted by Gasteiger charge is -2.20. The fourth-order valence-corrected chi connectivity index (χ4v) is 2.87. The largest absolute Gasteiger partial charge is 0.346 e. The Morgan fingerprint density at radius 1 is 1.56 bits per heavy atom. The summed E-state index contributed by atoms with van der Waals surface area (Å²) in [7, 11) is 0. The molecule has 0 spiro atoms. The Bertz CT molecular complexity index is 591. The molecule has 2 aromatic rings. The molecule has 0 unspecified atom stereocenters. The van der Waals surface area contributed by atoms with E-state index in [1.807, 2.05) is 12.3 Å². The fourth-order valence-electron chi connectivity index (χ4n) is 2.87. The quantitative estimate of drug-likeness (QED) is 0.863. The van der Waals surface area contributed by atoms with E-state index in [-0.39, 0.29) is 5.54 Å². The summed E-state index contributed by atoms with van der Waals surface area (Å²) in [6, 6.07) is 4.14. The minimum absolute atomic E-state index is 0.203. The highest BCUT2D eigenvalue weighted by molar-refractivity contribution is 5.93. The van der Waals surface area contributed by atoms with Crippen LogP contribution in [-0.2, 0) is 0 Å². The second-order valence-electron chi connectivity index (χ2n) is 4.92. The summed E-state index contributed by atoms with van der Waals surface area (Å²) in [4.78, 5) is 7.63. The number of nitrogens with one attached hydrogen (secondary N) is 2. The summed E-state index contributed by atoms with van der Waals surface area (Å²) in [6.45, 7) is 5.31. The summed E-state index contributed by atoms with van der Waals surface area (Å²) in [6.07, 6.45) is 8.62. The molecule has 0 radical (unpaired) electrons. The summed E-state index contributed by atoms with van der Waals surface area (Å²) in [5.74, 6) is 0. The number of pyridine rings is 1. The van der Waals surface area contributed by atoms with Crippen molar-refractivity contribution in [3.63, 3.8) is 0 Å². The summed E-state index contributed by atoms with van der Waals surface area (Å²) in [5, 5.41) is 4.85. The number of allylic oxidation sites excluding steroid dienone is 1. The number of likely N-dealkylation sites (N-methyl/N-ethyl adjacent to an activating group) is 1. The highest BCUT2D eigenvalue weighted by Crippen LogP contribution is 2.47. The second kappa shape index (κ2) is 4.25. The standard InChI is InChI=1S/C15H19N3/c1-3-13(15(7-8-15)18-4-2)12-10-17-14-11(12)6-5-9-16-14/h3,5-6,9-10,18H,4,7-8H2,1-2H3,(H,16,17)/b13-3-. The van der Waals surface area contributed by atoms with E-state index < -0.39 is 0 Å². The van der Waals surface area contributed by atoms with Crippen LogP contribution in [0.25, 0.3) is 16.6 Å². The lowest BCUT2D eigenvalue weighted by molar-refractivity contribution is 0.625. The molecule has 0 amide bonds. The van der Waals surface area contributed by atoms with E-state index in [2.05, 4.69) is 47.5 Å².